The van der Waals surface area contributed by atoms with Gasteiger partial charge in [0.25, 0.3) is 0 Å². The average molecular weight is 504 g/mol. The van der Waals surface area contributed by atoms with E-state index in [-0.39, 0.29) is 24.8 Å². The Morgan fingerprint density at radius 1 is 1.06 bits per heavy atom. The van der Waals surface area contributed by atoms with Crippen molar-refractivity contribution in [2.75, 3.05) is 30.8 Å². The smallest absolute Gasteiger partial charge is 0.242 e. The lowest BCUT2D eigenvalue weighted by molar-refractivity contribution is -0.140. The standard InChI is InChI=1S/C26H37N3O5S/c1-6-17-27-26(31)21(3)28(19-22-11-9-20(2)10-12-22)25(30)8-7-18-29(35(5,32)33)23-13-15-24(34-4)16-14-23/h9-16,21H,6-8,17-19H2,1-5H3,(H,27,31)/t21-/m0/s1. The quantitative estimate of drug-likeness (QED) is 0.451. The molecule has 35 heavy (non-hydrogen) atoms. The lowest BCUT2D eigenvalue weighted by Crippen LogP contribution is -2.47. The Kier molecular flexibility index (Phi) is 10.6. The molecule has 192 valence electrons. The van der Waals surface area contributed by atoms with E-state index in [1.807, 2.05) is 38.1 Å². The summed E-state index contributed by atoms with van der Waals surface area (Å²) in [5, 5.41) is 2.86. The minimum Gasteiger partial charge on any atom is -0.497 e. The minimum absolute atomic E-state index is 0.111. The summed E-state index contributed by atoms with van der Waals surface area (Å²) in [4.78, 5) is 27.5. The van der Waals surface area contributed by atoms with Crippen molar-refractivity contribution in [3.8, 4) is 5.75 Å². The van der Waals surface area contributed by atoms with Crippen LogP contribution >= 0.6 is 0 Å². The molecular formula is C26H37N3O5S. The Bertz CT molecular complexity index is 1070. The maximum absolute atomic E-state index is 13.2. The van der Waals surface area contributed by atoms with E-state index in [0.717, 1.165) is 23.8 Å². The summed E-state index contributed by atoms with van der Waals surface area (Å²) in [7, 11) is -2.00. The molecule has 0 fully saturated rings. The van der Waals surface area contributed by atoms with E-state index in [1.165, 1.54) is 4.31 Å². The Morgan fingerprint density at radius 3 is 2.23 bits per heavy atom. The molecule has 0 saturated carbocycles. The number of sulfonamides is 1. The van der Waals surface area contributed by atoms with Crippen LogP contribution in [0, 0.1) is 6.92 Å². The lowest BCUT2D eigenvalue weighted by atomic mass is 10.1. The highest BCUT2D eigenvalue weighted by Gasteiger charge is 2.26. The average Bonchev–Trinajstić information content (AvgIpc) is 2.83. The predicted molar refractivity (Wildman–Crippen MR) is 139 cm³/mol. The fourth-order valence-electron chi connectivity index (χ4n) is 3.62. The molecule has 2 rings (SSSR count). The van der Waals surface area contributed by atoms with Gasteiger partial charge in [-0.1, -0.05) is 36.8 Å². The third-order valence-electron chi connectivity index (χ3n) is 5.70. The van der Waals surface area contributed by atoms with E-state index in [9.17, 15) is 18.0 Å². The van der Waals surface area contributed by atoms with Crippen molar-refractivity contribution in [3.63, 3.8) is 0 Å². The third kappa shape index (κ3) is 8.58. The number of nitrogens with zero attached hydrogens (tertiary/aromatic N) is 2. The van der Waals surface area contributed by atoms with Crippen molar-refractivity contribution in [1.29, 1.82) is 0 Å². The van der Waals surface area contributed by atoms with E-state index < -0.39 is 16.1 Å². The molecule has 1 N–H and O–H groups in total. The fraction of sp³-hybridized carbons (Fsp3) is 0.462. The molecule has 0 aromatic heterocycles. The topological polar surface area (TPSA) is 96.0 Å². The predicted octanol–water partition coefficient (Wildman–Crippen LogP) is 3.49. The molecule has 8 nitrogen and oxygen atoms in total. The van der Waals surface area contributed by atoms with Crippen LogP contribution in [0.5, 0.6) is 5.75 Å². The maximum Gasteiger partial charge on any atom is 0.242 e. The van der Waals surface area contributed by atoms with Gasteiger partial charge < -0.3 is 15.0 Å². The molecule has 2 aromatic carbocycles. The molecule has 2 aromatic rings. The number of benzene rings is 2. The number of hydrogen-bond donors (Lipinski definition) is 1. The van der Waals surface area contributed by atoms with Crippen molar-refractivity contribution < 1.29 is 22.7 Å². The second-order valence-electron chi connectivity index (χ2n) is 8.61. The molecule has 0 saturated heterocycles. The van der Waals surface area contributed by atoms with E-state index in [2.05, 4.69) is 5.32 Å². The Labute approximate surface area is 209 Å². The normalized spacial score (nSPS) is 12.0. The molecule has 9 heteroatoms. The van der Waals surface area contributed by atoms with Gasteiger partial charge in [-0.05, 0) is 56.5 Å². The van der Waals surface area contributed by atoms with E-state index in [4.69, 9.17) is 4.74 Å². The molecular weight excluding hydrogens is 466 g/mol. The number of amides is 2. The number of methoxy groups -OCH3 is 1. The van der Waals surface area contributed by atoms with Crippen LogP contribution in [0.2, 0.25) is 0 Å². The highest BCUT2D eigenvalue weighted by Crippen LogP contribution is 2.22. The summed E-state index contributed by atoms with van der Waals surface area (Å²) in [6, 6.07) is 13.9. The van der Waals surface area contributed by atoms with Crippen molar-refractivity contribution in [2.45, 2.75) is 52.6 Å². The monoisotopic (exact) mass is 503 g/mol. The van der Waals surface area contributed by atoms with E-state index >= 15 is 0 Å². The molecule has 0 aliphatic rings. The number of anilines is 1. The van der Waals surface area contributed by atoms with E-state index in [1.54, 1.807) is 43.2 Å². The Morgan fingerprint density at radius 2 is 1.69 bits per heavy atom. The first-order valence-electron chi connectivity index (χ1n) is 11.8. The van der Waals surface area contributed by atoms with Crippen LogP contribution in [0.25, 0.3) is 0 Å². The number of rotatable bonds is 13. The summed E-state index contributed by atoms with van der Waals surface area (Å²) in [6.07, 6.45) is 2.37. The van der Waals surface area contributed by atoms with E-state index in [0.29, 0.717) is 30.9 Å². The summed E-state index contributed by atoms with van der Waals surface area (Å²) < 4.78 is 31.2. The second-order valence-corrected chi connectivity index (χ2v) is 10.5. The Balaban J connectivity index is 2.14. The molecule has 0 unspecified atom stereocenters. The van der Waals surface area contributed by atoms with Crippen molar-refractivity contribution in [1.82, 2.24) is 10.2 Å². The van der Waals surface area contributed by atoms with Crippen LogP contribution < -0.4 is 14.4 Å². The van der Waals surface area contributed by atoms with Gasteiger partial charge in [0, 0.05) is 26.1 Å². The molecule has 1 atom stereocenters. The van der Waals surface area contributed by atoms with Gasteiger partial charge in [0.2, 0.25) is 21.8 Å². The molecule has 0 spiro atoms. The van der Waals surface area contributed by atoms with Gasteiger partial charge in [-0.15, -0.1) is 0 Å². The number of ether oxygens (including phenoxy) is 1. The number of carbonyl (C=O) groups is 2. The third-order valence-corrected chi connectivity index (χ3v) is 6.90. The number of aryl methyl sites for hydroxylation is 1. The molecule has 0 aliphatic carbocycles. The molecule has 0 aliphatic heterocycles. The summed E-state index contributed by atoms with van der Waals surface area (Å²) in [5.41, 5.74) is 2.54. The Hall–Kier alpha value is -3.07. The van der Waals surface area contributed by atoms with Gasteiger partial charge in [0.05, 0.1) is 19.1 Å². The molecule has 0 bridgehead atoms. The minimum atomic E-state index is -3.54. The van der Waals surface area contributed by atoms with Crippen LogP contribution in [-0.4, -0.2) is 57.6 Å². The van der Waals surface area contributed by atoms with Gasteiger partial charge >= 0.3 is 0 Å². The maximum atomic E-state index is 13.2. The second kappa shape index (κ2) is 13.1. The first-order chi connectivity index (χ1) is 16.6. The van der Waals surface area contributed by atoms with Gasteiger partial charge in [-0.25, -0.2) is 8.42 Å². The van der Waals surface area contributed by atoms with Crippen LogP contribution in [0.1, 0.15) is 44.2 Å². The van der Waals surface area contributed by atoms with Crippen LogP contribution in [0.15, 0.2) is 48.5 Å². The van der Waals surface area contributed by atoms with Crippen molar-refractivity contribution in [3.05, 3.63) is 59.7 Å². The van der Waals surface area contributed by atoms with Crippen molar-refractivity contribution >= 4 is 27.5 Å². The fourth-order valence-corrected chi connectivity index (χ4v) is 4.59. The SMILES string of the molecule is CCCNC(=O)[C@H](C)N(Cc1ccc(C)cc1)C(=O)CCCN(c1ccc(OC)cc1)S(C)(=O)=O. The lowest BCUT2D eigenvalue weighted by Gasteiger charge is -2.29. The molecule has 0 heterocycles. The number of nitrogens with one attached hydrogen (secondary N) is 1. The summed E-state index contributed by atoms with van der Waals surface area (Å²) >= 11 is 0. The molecule has 2 amide bonds. The number of carbonyl (C=O) groups excluding carboxylic acids is 2. The van der Waals surface area contributed by atoms with Crippen LogP contribution in [0.3, 0.4) is 0 Å². The van der Waals surface area contributed by atoms with Crippen LogP contribution in [-0.2, 0) is 26.2 Å². The van der Waals surface area contributed by atoms with Crippen LogP contribution in [0.4, 0.5) is 5.69 Å². The summed E-state index contributed by atoms with van der Waals surface area (Å²) in [5.74, 6) is 0.218. The van der Waals surface area contributed by atoms with Gasteiger partial charge in [0.15, 0.2) is 0 Å². The molecule has 0 radical (unpaired) electrons. The zero-order valence-corrected chi connectivity index (χ0v) is 22.1. The largest absolute Gasteiger partial charge is 0.497 e. The van der Waals surface area contributed by atoms with Gasteiger partial charge in [0.1, 0.15) is 11.8 Å². The zero-order chi connectivity index (χ0) is 26.0. The number of hydrogen-bond acceptors (Lipinski definition) is 5. The van der Waals surface area contributed by atoms with Crippen molar-refractivity contribution in [2.24, 2.45) is 0 Å². The van der Waals surface area contributed by atoms with Gasteiger partial charge in [-0.2, -0.15) is 0 Å². The highest BCUT2D eigenvalue weighted by atomic mass is 32.2. The zero-order valence-electron chi connectivity index (χ0n) is 21.3. The first-order valence-corrected chi connectivity index (χ1v) is 13.7. The first kappa shape index (κ1) is 28.2. The van der Waals surface area contributed by atoms with Gasteiger partial charge in [-0.3, -0.25) is 13.9 Å². The summed E-state index contributed by atoms with van der Waals surface area (Å²) in [6.45, 7) is 6.67. The highest BCUT2D eigenvalue weighted by molar-refractivity contribution is 7.92.